The Labute approximate surface area is 129 Å². The second-order valence-corrected chi connectivity index (χ2v) is 5.73. The van der Waals surface area contributed by atoms with Crippen molar-refractivity contribution in [2.45, 2.75) is 6.54 Å². The number of hydrogen-bond donors (Lipinski definition) is 0. The third-order valence-electron chi connectivity index (χ3n) is 4.21. The van der Waals surface area contributed by atoms with Gasteiger partial charge in [0.05, 0.1) is 30.4 Å². The summed E-state index contributed by atoms with van der Waals surface area (Å²) in [6.45, 7) is 5.17. The van der Waals surface area contributed by atoms with E-state index in [1.807, 2.05) is 18.2 Å². The van der Waals surface area contributed by atoms with Crippen LogP contribution >= 0.6 is 0 Å². The minimum absolute atomic E-state index is 0.00743. The maximum atomic E-state index is 12.4. The van der Waals surface area contributed by atoms with Crippen molar-refractivity contribution >= 4 is 16.6 Å². The molecule has 0 aliphatic carbocycles. The maximum Gasteiger partial charge on any atom is 0.261 e. The van der Waals surface area contributed by atoms with Gasteiger partial charge < -0.3 is 14.5 Å². The van der Waals surface area contributed by atoms with E-state index in [2.05, 4.69) is 21.8 Å². The van der Waals surface area contributed by atoms with Crippen LogP contribution in [0.1, 0.15) is 0 Å². The molecule has 1 aromatic heterocycles. The van der Waals surface area contributed by atoms with E-state index in [1.54, 1.807) is 18.0 Å². The summed E-state index contributed by atoms with van der Waals surface area (Å²) in [4.78, 5) is 21.5. The molecule has 0 N–H and O–H groups in total. The fourth-order valence-corrected chi connectivity index (χ4v) is 2.76. The third-order valence-corrected chi connectivity index (χ3v) is 4.21. The summed E-state index contributed by atoms with van der Waals surface area (Å²) in [6, 6.07) is 5.93. The van der Waals surface area contributed by atoms with E-state index in [9.17, 15) is 4.79 Å². The topological polar surface area (TPSA) is 50.6 Å². The molecular formula is C16H22N4O2. The number of benzene rings is 1. The van der Waals surface area contributed by atoms with Gasteiger partial charge in [-0.05, 0) is 25.2 Å². The number of methoxy groups -OCH3 is 1. The summed E-state index contributed by atoms with van der Waals surface area (Å²) in [5.41, 5.74) is 1.89. The number of ether oxygens (including phenoxy) is 1. The van der Waals surface area contributed by atoms with E-state index >= 15 is 0 Å². The average Bonchev–Trinajstić information content (AvgIpc) is 2.55. The monoisotopic (exact) mass is 302 g/mol. The highest BCUT2D eigenvalue weighted by Gasteiger charge is 2.15. The summed E-state index contributed by atoms with van der Waals surface area (Å²) >= 11 is 0. The molecule has 6 nitrogen and oxygen atoms in total. The number of hydrogen-bond acceptors (Lipinski definition) is 5. The molecule has 1 saturated heterocycles. The number of rotatable bonds is 4. The minimum atomic E-state index is -0.00743. The lowest BCUT2D eigenvalue weighted by Crippen LogP contribution is -2.44. The van der Waals surface area contributed by atoms with Crippen molar-refractivity contribution < 1.29 is 4.74 Å². The Kier molecular flexibility index (Phi) is 4.40. The zero-order valence-electron chi connectivity index (χ0n) is 13.2. The Bertz CT molecular complexity index is 705. The largest absolute Gasteiger partial charge is 0.383 e. The second kappa shape index (κ2) is 6.46. The van der Waals surface area contributed by atoms with Crippen molar-refractivity contribution in [2.24, 2.45) is 0 Å². The molecule has 22 heavy (non-hydrogen) atoms. The summed E-state index contributed by atoms with van der Waals surface area (Å²) in [5, 5.41) is 0.663. The van der Waals surface area contributed by atoms with Gasteiger partial charge in [0.2, 0.25) is 0 Å². The summed E-state index contributed by atoms with van der Waals surface area (Å²) in [6.07, 6.45) is 1.61. The zero-order valence-corrected chi connectivity index (χ0v) is 13.2. The van der Waals surface area contributed by atoms with Crippen molar-refractivity contribution in [3.63, 3.8) is 0 Å². The van der Waals surface area contributed by atoms with Crippen LogP contribution in [0.4, 0.5) is 5.69 Å². The predicted molar refractivity (Wildman–Crippen MR) is 87.6 cm³/mol. The highest BCUT2D eigenvalue weighted by Crippen LogP contribution is 2.20. The molecule has 0 spiro atoms. The van der Waals surface area contributed by atoms with Gasteiger partial charge in [0.1, 0.15) is 0 Å². The number of anilines is 1. The molecule has 2 heterocycles. The van der Waals surface area contributed by atoms with Crippen LogP contribution < -0.4 is 10.5 Å². The third kappa shape index (κ3) is 2.98. The molecule has 0 saturated carbocycles. The number of aromatic nitrogens is 2. The van der Waals surface area contributed by atoms with Crippen LogP contribution in [0.3, 0.4) is 0 Å². The van der Waals surface area contributed by atoms with Crippen molar-refractivity contribution in [3.8, 4) is 0 Å². The Morgan fingerprint density at radius 2 is 2.00 bits per heavy atom. The van der Waals surface area contributed by atoms with Crippen LogP contribution in [0.2, 0.25) is 0 Å². The van der Waals surface area contributed by atoms with Gasteiger partial charge in [-0.25, -0.2) is 4.98 Å². The van der Waals surface area contributed by atoms with Crippen LogP contribution in [0.25, 0.3) is 10.9 Å². The first kappa shape index (κ1) is 15.0. The predicted octanol–water partition coefficient (Wildman–Crippen LogP) is 0.795. The molecule has 1 aliphatic heterocycles. The maximum absolute atomic E-state index is 12.4. The Morgan fingerprint density at radius 1 is 1.23 bits per heavy atom. The summed E-state index contributed by atoms with van der Waals surface area (Å²) < 4.78 is 6.62. The molecule has 118 valence electrons. The quantitative estimate of drug-likeness (QED) is 0.836. The second-order valence-electron chi connectivity index (χ2n) is 5.73. The molecule has 0 radical (unpaired) electrons. The van der Waals surface area contributed by atoms with E-state index in [1.165, 1.54) is 0 Å². The van der Waals surface area contributed by atoms with E-state index in [-0.39, 0.29) is 5.56 Å². The van der Waals surface area contributed by atoms with Gasteiger partial charge in [-0.1, -0.05) is 0 Å². The van der Waals surface area contributed by atoms with Crippen LogP contribution in [-0.4, -0.2) is 61.4 Å². The molecule has 0 atom stereocenters. The van der Waals surface area contributed by atoms with Crippen molar-refractivity contribution in [1.82, 2.24) is 14.5 Å². The van der Waals surface area contributed by atoms with E-state index in [0.717, 1.165) is 37.4 Å². The van der Waals surface area contributed by atoms with E-state index in [4.69, 9.17) is 4.74 Å². The van der Waals surface area contributed by atoms with Gasteiger partial charge in [-0.3, -0.25) is 9.36 Å². The van der Waals surface area contributed by atoms with Crippen LogP contribution in [0.15, 0.2) is 29.3 Å². The lowest BCUT2D eigenvalue weighted by atomic mass is 10.2. The molecule has 2 aromatic rings. The number of fused-ring (bicyclic) bond motifs is 1. The first-order valence-corrected chi connectivity index (χ1v) is 7.60. The first-order chi connectivity index (χ1) is 10.7. The molecule has 6 heteroatoms. The van der Waals surface area contributed by atoms with Gasteiger partial charge in [-0.15, -0.1) is 0 Å². The van der Waals surface area contributed by atoms with Gasteiger partial charge in [0.25, 0.3) is 5.56 Å². The highest BCUT2D eigenvalue weighted by molar-refractivity contribution is 5.81. The highest BCUT2D eigenvalue weighted by atomic mass is 16.5. The Hall–Kier alpha value is -1.92. The summed E-state index contributed by atoms with van der Waals surface area (Å²) in [5.74, 6) is 0. The van der Waals surface area contributed by atoms with Crippen LogP contribution in [0, 0.1) is 0 Å². The Balaban J connectivity index is 1.89. The Morgan fingerprint density at radius 3 is 2.73 bits per heavy atom. The molecule has 0 amide bonds. The normalized spacial score (nSPS) is 16.4. The minimum Gasteiger partial charge on any atom is -0.383 e. The van der Waals surface area contributed by atoms with Crippen LogP contribution in [0.5, 0.6) is 0 Å². The average molecular weight is 302 g/mol. The fourth-order valence-electron chi connectivity index (χ4n) is 2.76. The standard InChI is InChI=1S/C16H22N4O2/c1-18-5-7-19(8-6-18)13-3-4-14-15(11-13)17-12-20(16(14)21)9-10-22-2/h3-4,11-12H,5-10H2,1-2H3. The molecule has 1 aliphatic rings. The molecule has 0 bridgehead atoms. The van der Waals surface area contributed by atoms with Crippen molar-refractivity contribution in [2.75, 3.05) is 51.8 Å². The van der Waals surface area contributed by atoms with Crippen molar-refractivity contribution in [1.29, 1.82) is 0 Å². The molecular weight excluding hydrogens is 280 g/mol. The van der Waals surface area contributed by atoms with Crippen LogP contribution in [-0.2, 0) is 11.3 Å². The first-order valence-electron chi connectivity index (χ1n) is 7.60. The number of nitrogens with zero attached hydrogens (tertiary/aromatic N) is 4. The number of piperazine rings is 1. The van der Waals surface area contributed by atoms with Crippen molar-refractivity contribution in [3.05, 3.63) is 34.9 Å². The fraction of sp³-hybridized carbons (Fsp3) is 0.500. The molecule has 0 unspecified atom stereocenters. The lowest BCUT2D eigenvalue weighted by Gasteiger charge is -2.34. The van der Waals surface area contributed by atoms with E-state index < -0.39 is 0 Å². The molecule has 1 fully saturated rings. The van der Waals surface area contributed by atoms with Gasteiger partial charge in [-0.2, -0.15) is 0 Å². The zero-order chi connectivity index (χ0) is 15.5. The van der Waals surface area contributed by atoms with Gasteiger partial charge >= 0.3 is 0 Å². The van der Waals surface area contributed by atoms with E-state index in [0.29, 0.717) is 18.5 Å². The number of likely N-dealkylation sites (N-methyl/N-ethyl adjacent to an activating group) is 1. The molecule has 3 rings (SSSR count). The molecule has 1 aromatic carbocycles. The van der Waals surface area contributed by atoms with Gasteiger partial charge in [0.15, 0.2) is 0 Å². The lowest BCUT2D eigenvalue weighted by molar-refractivity contribution is 0.186. The van der Waals surface area contributed by atoms with Gasteiger partial charge in [0, 0.05) is 39.0 Å². The smallest absolute Gasteiger partial charge is 0.261 e. The SMILES string of the molecule is COCCn1cnc2cc(N3CCN(C)CC3)ccc2c1=O. The summed E-state index contributed by atoms with van der Waals surface area (Å²) in [7, 11) is 3.77.